The van der Waals surface area contributed by atoms with Gasteiger partial charge in [0.25, 0.3) is 0 Å². The molecule has 0 amide bonds. The normalized spacial score (nSPS) is 18.5. The second kappa shape index (κ2) is 7.04. The number of aliphatic carboxylic acids is 1. The SMILES string of the molecule is O=C(O)C1CC1COc1ccc(-c2cnn(Cc3ccccc3)c2)cc1. The van der Waals surface area contributed by atoms with Crippen molar-refractivity contribution in [2.75, 3.05) is 6.61 Å². The van der Waals surface area contributed by atoms with Gasteiger partial charge in [0.05, 0.1) is 25.3 Å². The summed E-state index contributed by atoms with van der Waals surface area (Å²) in [7, 11) is 0. The highest BCUT2D eigenvalue weighted by Crippen LogP contribution is 2.38. The summed E-state index contributed by atoms with van der Waals surface area (Å²) in [4.78, 5) is 10.8. The Labute approximate surface area is 151 Å². The number of hydrogen-bond acceptors (Lipinski definition) is 3. The molecule has 1 aliphatic rings. The van der Waals surface area contributed by atoms with Gasteiger partial charge in [-0.2, -0.15) is 5.10 Å². The van der Waals surface area contributed by atoms with E-state index in [4.69, 9.17) is 9.84 Å². The molecule has 1 heterocycles. The summed E-state index contributed by atoms with van der Waals surface area (Å²) in [5, 5.41) is 13.3. The lowest BCUT2D eigenvalue weighted by Gasteiger charge is -2.06. The zero-order valence-corrected chi connectivity index (χ0v) is 14.3. The minimum absolute atomic E-state index is 0.142. The lowest BCUT2D eigenvalue weighted by molar-refractivity contribution is -0.138. The molecule has 26 heavy (non-hydrogen) atoms. The molecule has 1 fully saturated rings. The standard InChI is InChI=1S/C21H20N2O3/c24-21(25)20-10-17(20)14-26-19-8-6-16(7-9-19)18-11-22-23(13-18)12-15-4-2-1-3-5-15/h1-9,11,13,17,20H,10,12,14H2,(H,24,25). The number of carboxylic acid groups (broad SMARTS) is 1. The fraction of sp³-hybridized carbons (Fsp3) is 0.238. The van der Waals surface area contributed by atoms with Crippen LogP contribution in [0, 0.1) is 11.8 Å². The minimum atomic E-state index is -0.721. The van der Waals surface area contributed by atoms with Crippen molar-refractivity contribution in [2.24, 2.45) is 11.8 Å². The van der Waals surface area contributed by atoms with Gasteiger partial charge < -0.3 is 9.84 Å². The Hall–Kier alpha value is -3.08. The number of benzene rings is 2. The third-order valence-electron chi connectivity index (χ3n) is 4.71. The predicted molar refractivity (Wildman–Crippen MR) is 97.9 cm³/mol. The van der Waals surface area contributed by atoms with E-state index in [-0.39, 0.29) is 11.8 Å². The van der Waals surface area contributed by atoms with Crippen LogP contribution in [0.2, 0.25) is 0 Å². The van der Waals surface area contributed by atoms with Gasteiger partial charge >= 0.3 is 5.97 Å². The molecule has 5 nitrogen and oxygen atoms in total. The van der Waals surface area contributed by atoms with Crippen molar-refractivity contribution in [1.29, 1.82) is 0 Å². The summed E-state index contributed by atoms with van der Waals surface area (Å²) in [6.07, 6.45) is 4.61. The van der Waals surface area contributed by atoms with Crippen LogP contribution >= 0.6 is 0 Å². The molecule has 1 saturated carbocycles. The molecule has 0 bridgehead atoms. The fourth-order valence-corrected chi connectivity index (χ4v) is 3.05. The second-order valence-corrected chi connectivity index (χ2v) is 6.69. The van der Waals surface area contributed by atoms with E-state index < -0.39 is 5.97 Å². The van der Waals surface area contributed by atoms with Crippen LogP contribution in [0.5, 0.6) is 5.75 Å². The number of carboxylic acids is 1. The van der Waals surface area contributed by atoms with Crippen LogP contribution < -0.4 is 4.74 Å². The Balaban J connectivity index is 1.36. The molecular weight excluding hydrogens is 328 g/mol. The molecule has 0 aliphatic heterocycles. The Kier molecular flexibility index (Phi) is 4.44. The highest BCUT2D eigenvalue weighted by Gasteiger charge is 2.43. The van der Waals surface area contributed by atoms with Gasteiger partial charge in [0.1, 0.15) is 5.75 Å². The topological polar surface area (TPSA) is 64.3 Å². The highest BCUT2D eigenvalue weighted by molar-refractivity contribution is 5.73. The van der Waals surface area contributed by atoms with E-state index in [0.29, 0.717) is 13.0 Å². The lowest BCUT2D eigenvalue weighted by Crippen LogP contribution is -2.06. The Morgan fingerprint density at radius 2 is 1.88 bits per heavy atom. The van der Waals surface area contributed by atoms with E-state index in [0.717, 1.165) is 23.4 Å². The quantitative estimate of drug-likeness (QED) is 0.707. The van der Waals surface area contributed by atoms with Crippen LogP contribution in [0.1, 0.15) is 12.0 Å². The molecule has 1 aliphatic carbocycles. The first-order valence-corrected chi connectivity index (χ1v) is 8.71. The molecule has 3 aromatic rings. The van der Waals surface area contributed by atoms with Gasteiger partial charge in [0.15, 0.2) is 0 Å². The first-order valence-electron chi connectivity index (χ1n) is 8.71. The van der Waals surface area contributed by atoms with Crippen molar-refractivity contribution in [3.05, 3.63) is 72.6 Å². The summed E-state index contributed by atoms with van der Waals surface area (Å²) < 4.78 is 7.63. The van der Waals surface area contributed by atoms with E-state index in [1.165, 1.54) is 5.56 Å². The summed E-state index contributed by atoms with van der Waals surface area (Å²) in [6.45, 7) is 1.21. The summed E-state index contributed by atoms with van der Waals surface area (Å²) in [5.74, 6) is -0.0453. The molecule has 2 atom stereocenters. The first kappa shape index (κ1) is 16.4. The van der Waals surface area contributed by atoms with Gasteiger partial charge in [-0.15, -0.1) is 0 Å². The van der Waals surface area contributed by atoms with Crippen molar-refractivity contribution in [1.82, 2.24) is 9.78 Å². The number of nitrogens with zero attached hydrogens (tertiary/aromatic N) is 2. The summed E-state index contributed by atoms with van der Waals surface area (Å²) in [5.41, 5.74) is 3.35. The number of carbonyl (C=O) groups is 1. The van der Waals surface area contributed by atoms with Gasteiger partial charge in [0.2, 0.25) is 0 Å². The maximum Gasteiger partial charge on any atom is 0.306 e. The average Bonchev–Trinajstić information content (AvgIpc) is 3.31. The molecule has 1 aromatic heterocycles. The predicted octanol–water partition coefficient (Wildman–Crippen LogP) is 3.70. The largest absolute Gasteiger partial charge is 0.493 e. The molecule has 4 rings (SSSR count). The first-order chi connectivity index (χ1) is 12.7. The number of ether oxygens (including phenoxy) is 1. The van der Waals surface area contributed by atoms with Crippen molar-refractivity contribution in [2.45, 2.75) is 13.0 Å². The fourth-order valence-electron chi connectivity index (χ4n) is 3.05. The van der Waals surface area contributed by atoms with E-state index in [9.17, 15) is 4.79 Å². The molecule has 2 unspecified atom stereocenters. The van der Waals surface area contributed by atoms with Crippen LogP contribution in [0.4, 0.5) is 0 Å². The third kappa shape index (κ3) is 3.77. The Morgan fingerprint density at radius 1 is 1.12 bits per heavy atom. The molecule has 5 heteroatoms. The third-order valence-corrected chi connectivity index (χ3v) is 4.71. The Morgan fingerprint density at radius 3 is 2.58 bits per heavy atom. The highest BCUT2D eigenvalue weighted by atomic mass is 16.5. The Bertz CT molecular complexity index is 887. The molecule has 1 N–H and O–H groups in total. The summed E-state index contributed by atoms with van der Waals surface area (Å²) >= 11 is 0. The zero-order valence-electron chi connectivity index (χ0n) is 14.3. The van der Waals surface area contributed by atoms with Crippen LogP contribution in [0.25, 0.3) is 11.1 Å². The molecule has 132 valence electrons. The number of hydrogen-bond donors (Lipinski definition) is 1. The molecule has 0 spiro atoms. The lowest BCUT2D eigenvalue weighted by atomic mass is 10.1. The zero-order chi connectivity index (χ0) is 17.9. The van der Waals surface area contributed by atoms with Gasteiger partial charge in [-0.1, -0.05) is 42.5 Å². The van der Waals surface area contributed by atoms with E-state index in [1.807, 2.05) is 59.5 Å². The molecular formula is C21H20N2O3. The van der Waals surface area contributed by atoms with Crippen molar-refractivity contribution >= 4 is 5.97 Å². The van der Waals surface area contributed by atoms with Crippen LogP contribution in [-0.4, -0.2) is 27.5 Å². The second-order valence-electron chi connectivity index (χ2n) is 6.69. The van der Waals surface area contributed by atoms with Gasteiger partial charge in [-0.05, 0) is 29.7 Å². The van der Waals surface area contributed by atoms with Gasteiger partial charge in [-0.25, -0.2) is 0 Å². The number of rotatable bonds is 7. The van der Waals surface area contributed by atoms with Crippen LogP contribution in [0.3, 0.4) is 0 Å². The van der Waals surface area contributed by atoms with E-state index in [2.05, 4.69) is 17.2 Å². The van der Waals surface area contributed by atoms with Crippen LogP contribution in [-0.2, 0) is 11.3 Å². The van der Waals surface area contributed by atoms with Crippen molar-refractivity contribution in [3.63, 3.8) is 0 Å². The smallest absolute Gasteiger partial charge is 0.306 e. The molecule has 0 radical (unpaired) electrons. The van der Waals surface area contributed by atoms with Crippen molar-refractivity contribution < 1.29 is 14.6 Å². The van der Waals surface area contributed by atoms with Crippen LogP contribution in [0.15, 0.2) is 67.0 Å². The van der Waals surface area contributed by atoms with Gasteiger partial charge in [-0.3, -0.25) is 9.48 Å². The van der Waals surface area contributed by atoms with E-state index >= 15 is 0 Å². The average molecular weight is 348 g/mol. The summed E-state index contributed by atoms with van der Waals surface area (Å²) in [6, 6.07) is 18.1. The molecule has 2 aromatic carbocycles. The van der Waals surface area contributed by atoms with Crippen molar-refractivity contribution in [3.8, 4) is 16.9 Å². The van der Waals surface area contributed by atoms with E-state index in [1.54, 1.807) is 0 Å². The number of aromatic nitrogens is 2. The maximum absolute atomic E-state index is 10.8. The monoisotopic (exact) mass is 348 g/mol. The maximum atomic E-state index is 10.8. The molecule has 0 saturated heterocycles. The van der Waals surface area contributed by atoms with Gasteiger partial charge in [0, 0.05) is 17.7 Å². The minimum Gasteiger partial charge on any atom is -0.493 e.